The molecule has 0 bridgehead atoms. The van der Waals surface area contributed by atoms with Crippen molar-refractivity contribution in [2.45, 2.75) is 38.3 Å². The smallest absolute Gasteiger partial charge is 0.138 e. The van der Waals surface area contributed by atoms with Crippen LogP contribution in [0, 0.1) is 0 Å². The van der Waals surface area contributed by atoms with Gasteiger partial charge in [-0.1, -0.05) is 24.3 Å². The third kappa shape index (κ3) is 1.73. The SMILES string of the molecule is CCn1ncnc1CC1(N)CCc2ccccc21. The first-order valence-corrected chi connectivity index (χ1v) is 6.47. The summed E-state index contributed by atoms with van der Waals surface area (Å²) in [5.41, 5.74) is 8.97. The molecule has 18 heavy (non-hydrogen) atoms. The fraction of sp³-hybridized carbons (Fsp3) is 0.429. The number of nitrogens with zero attached hydrogens (tertiary/aromatic N) is 3. The zero-order chi connectivity index (χ0) is 12.6. The van der Waals surface area contributed by atoms with Crippen molar-refractivity contribution < 1.29 is 0 Å². The second kappa shape index (κ2) is 4.21. The summed E-state index contributed by atoms with van der Waals surface area (Å²) in [5.74, 6) is 0.983. The minimum atomic E-state index is -0.281. The normalized spacial score (nSPS) is 22.1. The standard InChI is InChI=1S/C14H18N4/c1-2-18-13(16-10-17-18)9-14(15)8-7-11-5-3-4-6-12(11)14/h3-6,10H,2,7-9,15H2,1H3. The Balaban J connectivity index is 1.94. The average molecular weight is 242 g/mol. The van der Waals surface area contributed by atoms with Crippen LogP contribution >= 0.6 is 0 Å². The fourth-order valence-electron chi connectivity index (χ4n) is 2.87. The maximum Gasteiger partial charge on any atom is 0.138 e. The number of aryl methyl sites for hydroxylation is 2. The minimum absolute atomic E-state index is 0.281. The number of rotatable bonds is 3. The first-order chi connectivity index (χ1) is 8.73. The lowest BCUT2D eigenvalue weighted by Crippen LogP contribution is -2.37. The predicted octanol–water partition coefficient (Wildman–Crippen LogP) is 1.64. The molecule has 3 rings (SSSR count). The van der Waals surface area contributed by atoms with Crippen molar-refractivity contribution in [3.05, 3.63) is 47.5 Å². The summed E-state index contributed by atoms with van der Waals surface area (Å²) >= 11 is 0. The maximum atomic E-state index is 6.60. The molecule has 4 nitrogen and oxygen atoms in total. The fourth-order valence-corrected chi connectivity index (χ4v) is 2.87. The van der Waals surface area contributed by atoms with Crippen LogP contribution in [0.3, 0.4) is 0 Å². The van der Waals surface area contributed by atoms with E-state index in [2.05, 4.69) is 41.3 Å². The quantitative estimate of drug-likeness (QED) is 0.890. The molecule has 1 aromatic carbocycles. The van der Waals surface area contributed by atoms with E-state index in [9.17, 15) is 0 Å². The van der Waals surface area contributed by atoms with Crippen LogP contribution in [0.1, 0.15) is 30.3 Å². The third-order valence-corrected chi connectivity index (χ3v) is 3.86. The number of hydrogen-bond acceptors (Lipinski definition) is 3. The van der Waals surface area contributed by atoms with Gasteiger partial charge in [0, 0.05) is 18.5 Å². The lowest BCUT2D eigenvalue weighted by Gasteiger charge is -2.25. The van der Waals surface area contributed by atoms with E-state index in [1.54, 1.807) is 6.33 Å². The molecule has 1 aromatic heterocycles. The van der Waals surface area contributed by atoms with E-state index in [-0.39, 0.29) is 5.54 Å². The van der Waals surface area contributed by atoms with Crippen LogP contribution < -0.4 is 5.73 Å². The number of hydrogen-bond donors (Lipinski definition) is 1. The molecule has 0 aliphatic heterocycles. The van der Waals surface area contributed by atoms with Gasteiger partial charge >= 0.3 is 0 Å². The molecule has 0 spiro atoms. The molecule has 2 N–H and O–H groups in total. The Morgan fingerprint density at radius 1 is 1.39 bits per heavy atom. The monoisotopic (exact) mass is 242 g/mol. The second-order valence-electron chi connectivity index (χ2n) is 4.98. The molecule has 1 unspecified atom stereocenters. The topological polar surface area (TPSA) is 56.7 Å². The van der Waals surface area contributed by atoms with Crippen molar-refractivity contribution in [3.63, 3.8) is 0 Å². The molecule has 0 amide bonds. The third-order valence-electron chi connectivity index (χ3n) is 3.86. The Kier molecular flexibility index (Phi) is 2.67. The van der Waals surface area contributed by atoms with Gasteiger partial charge < -0.3 is 5.73 Å². The molecule has 0 fully saturated rings. The van der Waals surface area contributed by atoms with E-state index < -0.39 is 0 Å². The molecule has 1 aliphatic rings. The van der Waals surface area contributed by atoms with E-state index in [1.165, 1.54) is 11.1 Å². The van der Waals surface area contributed by atoms with Gasteiger partial charge in [0.2, 0.25) is 0 Å². The molecule has 0 radical (unpaired) electrons. The van der Waals surface area contributed by atoms with Crippen molar-refractivity contribution in [1.29, 1.82) is 0 Å². The average Bonchev–Trinajstić information content (AvgIpc) is 2.96. The largest absolute Gasteiger partial charge is 0.321 e. The molecule has 1 atom stereocenters. The Morgan fingerprint density at radius 2 is 2.22 bits per heavy atom. The summed E-state index contributed by atoms with van der Waals surface area (Å²) in [6, 6.07) is 8.47. The summed E-state index contributed by atoms with van der Waals surface area (Å²) in [5, 5.41) is 4.21. The van der Waals surface area contributed by atoms with Crippen LogP contribution in [0.4, 0.5) is 0 Å². The van der Waals surface area contributed by atoms with Crippen molar-refractivity contribution in [2.75, 3.05) is 0 Å². The van der Waals surface area contributed by atoms with E-state index in [4.69, 9.17) is 5.73 Å². The van der Waals surface area contributed by atoms with Gasteiger partial charge in [0.1, 0.15) is 12.2 Å². The number of nitrogens with two attached hydrogens (primary N) is 1. The highest BCUT2D eigenvalue weighted by Gasteiger charge is 2.35. The Bertz CT molecular complexity index is 560. The molecule has 2 aromatic rings. The predicted molar refractivity (Wildman–Crippen MR) is 70.0 cm³/mol. The summed E-state index contributed by atoms with van der Waals surface area (Å²) in [6.07, 6.45) is 4.43. The lowest BCUT2D eigenvalue weighted by atomic mass is 9.89. The summed E-state index contributed by atoms with van der Waals surface area (Å²) in [7, 11) is 0. The zero-order valence-corrected chi connectivity index (χ0v) is 10.6. The van der Waals surface area contributed by atoms with E-state index in [0.29, 0.717) is 0 Å². The highest BCUT2D eigenvalue weighted by Crippen LogP contribution is 2.36. The Hall–Kier alpha value is -1.68. The zero-order valence-electron chi connectivity index (χ0n) is 10.6. The van der Waals surface area contributed by atoms with E-state index >= 15 is 0 Å². The molecule has 0 saturated heterocycles. The van der Waals surface area contributed by atoms with Crippen molar-refractivity contribution in [2.24, 2.45) is 5.73 Å². The van der Waals surface area contributed by atoms with E-state index in [1.807, 2.05) is 4.68 Å². The van der Waals surface area contributed by atoms with E-state index in [0.717, 1.165) is 31.6 Å². The molecule has 1 heterocycles. The lowest BCUT2D eigenvalue weighted by molar-refractivity contribution is 0.415. The Labute approximate surface area is 107 Å². The van der Waals surface area contributed by atoms with Gasteiger partial charge in [-0.2, -0.15) is 5.10 Å². The van der Waals surface area contributed by atoms with Crippen LogP contribution in [-0.4, -0.2) is 14.8 Å². The van der Waals surface area contributed by atoms with Crippen LogP contribution in [-0.2, 0) is 24.9 Å². The van der Waals surface area contributed by atoms with Crippen LogP contribution in [0.2, 0.25) is 0 Å². The number of fused-ring (bicyclic) bond motifs is 1. The second-order valence-corrected chi connectivity index (χ2v) is 4.98. The van der Waals surface area contributed by atoms with Crippen LogP contribution in [0.15, 0.2) is 30.6 Å². The molecule has 0 saturated carbocycles. The van der Waals surface area contributed by atoms with Gasteiger partial charge in [-0.15, -0.1) is 0 Å². The van der Waals surface area contributed by atoms with Crippen molar-refractivity contribution in [3.8, 4) is 0 Å². The van der Waals surface area contributed by atoms with Crippen molar-refractivity contribution >= 4 is 0 Å². The van der Waals surface area contributed by atoms with Gasteiger partial charge in [-0.25, -0.2) is 4.98 Å². The highest BCUT2D eigenvalue weighted by atomic mass is 15.3. The Morgan fingerprint density at radius 3 is 3.06 bits per heavy atom. The van der Waals surface area contributed by atoms with Gasteiger partial charge in [-0.05, 0) is 30.9 Å². The van der Waals surface area contributed by atoms with Gasteiger partial charge in [-0.3, -0.25) is 4.68 Å². The highest BCUT2D eigenvalue weighted by molar-refractivity contribution is 5.39. The van der Waals surface area contributed by atoms with Crippen molar-refractivity contribution in [1.82, 2.24) is 14.8 Å². The minimum Gasteiger partial charge on any atom is -0.321 e. The summed E-state index contributed by atoms with van der Waals surface area (Å²) < 4.78 is 1.93. The van der Waals surface area contributed by atoms with Gasteiger partial charge in [0.25, 0.3) is 0 Å². The first kappa shape index (κ1) is 11.4. The van der Waals surface area contributed by atoms with Crippen LogP contribution in [0.25, 0.3) is 0 Å². The van der Waals surface area contributed by atoms with Gasteiger partial charge in [0.05, 0.1) is 0 Å². The first-order valence-electron chi connectivity index (χ1n) is 6.47. The summed E-state index contributed by atoms with van der Waals surface area (Å²) in [4.78, 5) is 4.34. The number of aromatic nitrogens is 3. The maximum absolute atomic E-state index is 6.60. The number of benzene rings is 1. The molecule has 1 aliphatic carbocycles. The molecule has 4 heteroatoms. The van der Waals surface area contributed by atoms with Gasteiger partial charge in [0.15, 0.2) is 0 Å². The summed E-state index contributed by atoms with van der Waals surface area (Å²) in [6.45, 7) is 2.91. The molecule has 94 valence electrons. The van der Waals surface area contributed by atoms with Crippen LogP contribution in [0.5, 0.6) is 0 Å². The molecular formula is C14H18N4. The molecular weight excluding hydrogens is 224 g/mol.